The topological polar surface area (TPSA) is 75.6 Å². The van der Waals surface area contributed by atoms with E-state index in [1.54, 1.807) is 6.07 Å². The van der Waals surface area contributed by atoms with Crippen molar-refractivity contribution in [3.05, 3.63) is 29.8 Å². The minimum atomic E-state index is -4.79. The molecule has 0 aliphatic heterocycles. The first-order valence-corrected chi connectivity index (χ1v) is 8.08. The van der Waals surface area contributed by atoms with E-state index in [0.717, 1.165) is 0 Å². The molecule has 25 heavy (non-hydrogen) atoms. The maximum absolute atomic E-state index is 12.5. The van der Waals surface area contributed by atoms with Crippen LogP contribution in [0.3, 0.4) is 0 Å². The molecule has 2 N–H and O–H groups in total. The standard InChI is InChI=1S/C17H20F3NO4/c1-2-5-10(16(23)24)9-21-15(22)13-8-12(13)11-6-3-4-7-14(11)25-17(18,19)20/h3-4,6-7,10,12-13H,2,5,8-9H2,1H3,(H,21,22)(H,23,24). The summed E-state index contributed by atoms with van der Waals surface area (Å²) in [6, 6.07) is 5.76. The summed E-state index contributed by atoms with van der Waals surface area (Å²) in [5.41, 5.74) is 0.336. The van der Waals surface area contributed by atoms with Crippen molar-refractivity contribution in [2.45, 2.75) is 38.5 Å². The van der Waals surface area contributed by atoms with Gasteiger partial charge in [-0.1, -0.05) is 31.5 Å². The van der Waals surface area contributed by atoms with Crippen molar-refractivity contribution in [3.8, 4) is 5.75 Å². The fourth-order valence-electron chi connectivity index (χ4n) is 2.85. The second-order valence-corrected chi connectivity index (χ2v) is 6.10. The average Bonchev–Trinajstić information content (AvgIpc) is 3.30. The van der Waals surface area contributed by atoms with Crippen molar-refractivity contribution < 1.29 is 32.6 Å². The number of halogens is 3. The zero-order valence-electron chi connectivity index (χ0n) is 13.7. The largest absolute Gasteiger partial charge is 0.573 e. The van der Waals surface area contributed by atoms with E-state index in [9.17, 15) is 22.8 Å². The number of alkyl halides is 3. The molecule has 5 nitrogen and oxygen atoms in total. The molecule has 138 valence electrons. The zero-order valence-corrected chi connectivity index (χ0v) is 13.7. The van der Waals surface area contributed by atoms with Crippen LogP contribution < -0.4 is 10.1 Å². The van der Waals surface area contributed by atoms with E-state index in [1.807, 2.05) is 6.92 Å². The number of aliphatic carboxylic acids is 1. The number of nitrogens with one attached hydrogen (secondary N) is 1. The molecule has 0 radical (unpaired) electrons. The molecule has 1 aliphatic rings. The Kier molecular flexibility index (Phi) is 5.92. The van der Waals surface area contributed by atoms with Crippen LogP contribution in [-0.4, -0.2) is 29.9 Å². The number of ether oxygens (including phenoxy) is 1. The lowest BCUT2D eigenvalue weighted by Gasteiger charge is -2.14. The maximum atomic E-state index is 12.5. The van der Waals surface area contributed by atoms with Gasteiger partial charge in [0.15, 0.2) is 0 Å². The van der Waals surface area contributed by atoms with Crippen LogP contribution in [0.5, 0.6) is 5.75 Å². The van der Waals surface area contributed by atoms with E-state index in [-0.39, 0.29) is 24.1 Å². The Morgan fingerprint density at radius 1 is 1.36 bits per heavy atom. The summed E-state index contributed by atoms with van der Waals surface area (Å²) >= 11 is 0. The highest BCUT2D eigenvalue weighted by atomic mass is 19.4. The molecule has 0 bridgehead atoms. The van der Waals surface area contributed by atoms with E-state index in [2.05, 4.69) is 10.1 Å². The molecular weight excluding hydrogens is 339 g/mol. The molecule has 1 fully saturated rings. The first kappa shape index (κ1) is 19.1. The van der Waals surface area contributed by atoms with Crippen LogP contribution in [0.2, 0.25) is 0 Å². The zero-order chi connectivity index (χ0) is 18.6. The van der Waals surface area contributed by atoms with Gasteiger partial charge < -0.3 is 15.2 Å². The molecule has 0 heterocycles. The quantitative estimate of drug-likeness (QED) is 0.747. The highest BCUT2D eigenvalue weighted by Crippen LogP contribution is 2.51. The Morgan fingerprint density at radius 3 is 2.64 bits per heavy atom. The molecule has 3 atom stereocenters. The normalized spacial score (nSPS) is 20.6. The van der Waals surface area contributed by atoms with Crippen LogP contribution in [0.1, 0.15) is 37.7 Å². The monoisotopic (exact) mass is 359 g/mol. The lowest BCUT2D eigenvalue weighted by molar-refractivity contribution is -0.274. The summed E-state index contributed by atoms with van der Waals surface area (Å²) in [4.78, 5) is 23.2. The van der Waals surface area contributed by atoms with Crippen molar-refractivity contribution in [2.75, 3.05) is 6.54 Å². The second-order valence-electron chi connectivity index (χ2n) is 6.10. The molecule has 0 spiro atoms. The average molecular weight is 359 g/mol. The number of carbonyl (C=O) groups excluding carboxylic acids is 1. The molecule has 2 rings (SSSR count). The van der Waals surface area contributed by atoms with Gasteiger partial charge in [-0.3, -0.25) is 9.59 Å². The van der Waals surface area contributed by atoms with Crippen LogP contribution in [0, 0.1) is 11.8 Å². The van der Waals surface area contributed by atoms with Crippen LogP contribution in [0.15, 0.2) is 24.3 Å². The summed E-state index contributed by atoms with van der Waals surface area (Å²) in [7, 11) is 0. The van der Waals surface area contributed by atoms with Crippen LogP contribution >= 0.6 is 0 Å². The first-order valence-electron chi connectivity index (χ1n) is 8.08. The van der Waals surface area contributed by atoms with Gasteiger partial charge in [-0.15, -0.1) is 13.2 Å². The van der Waals surface area contributed by atoms with Gasteiger partial charge in [-0.2, -0.15) is 0 Å². The molecule has 8 heteroatoms. The minimum absolute atomic E-state index is 0.0198. The second kappa shape index (κ2) is 7.76. The van der Waals surface area contributed by atoms with Gasteiger partial charge in [0, 0.05) is 12.5 Å². The number of carbonyl (C=O) groups is 2. The van der Waals surface area contributed by atoms with Crippen LogP contribution in [-0.2, 0) is 9.59 Å². The fraction of sp³-hybridized carbons (Fsp3) is 0.529. The Balaban J connectivity index is 1.96. The minimum Gasteiger partial charge on any atom is -0.481 e. The van der Waals surface area contributed by atoms with Crippen LogP contribution in [0.25, 0.3) is 0 Å². The predicted molar refractivity (Wildman–Crippen MR) is 83.0 cm³/mol. The molecule has 1 aromatic rings. The van der Waals surface area contributed by atoms with Crippen molar-refractivity contribution in [1.29, 1.82) is 0 Å². The Morgan fingerprint density at radius 2 is 2.04 bits per heavy atom. The van der Waals surface area contributed by atoms with Crippen molar-refractivity contribution >= 4 is 11.9 Å². The third kappa shape index (κ3) is 5.37. The van der Waals surface area contributed by atoms with Crippen molar-refractivity contribution in [2.24, 2.45) is 11.8 Å². The number of rotatable bonds is 8. The highest BCUT2D eigenvalue weighted by molar-refractivity contribution is 5.83. The third-order valence-electron chi connectivity index (χ3n) is 4.18. The van der Waals surface area contributed by atoms with Gasteiger partial charge in [0.2, 0.25) is 5.91 Å². The Hall–Kier alpha value is -2.25. The maximum Gasteiger partial charge on any atom is 0.573 e. The van der Waals surface area contributed by atoms with Crippen molar-refractivity contribution in [1.82, 2.24) is 5.32 Å². The van der Waals surface area contributed by atoms with E-state index >= 15 is 0 Å². The van der Waals surface area contributed by atoms with Gasteiger partial charge in [-0.05, 0) is 30.4 Å². The number of carboxylic acids is 1. The highest BCUT2D eigenvalue weighted by Gasteiger charge is 2.46. The number of carboxylic acid groups (broad SMARTS) is 1. The van der Waals surface area contributed by atoms with Crippen LogP contribution in [0.4, 0.5) is 13.2 Å². The number of hydrogen-bond donors (Lipinski definition) is 2. The summed E-state index contributed by atoms with van der Waals surface area (Å²) in [5.74, 6) is -3.09. The summed E-state index contributed by atoms with van der Waals surface area (Å²) in [5, 5.41) is 11.7. The van der Waals surface area contributed by atoms with Gasteiger partial charge in [0.25, 0.3) is 0 Å². The van der Waals surface area contributed by atoms with Gasteiger partial charge in [0.05, 0.1) is 5.92 Å². The molecule has 1 saturated carbocycles. The molecule has 1 aromatic carbocycles. The molecular formula is C17H20F3NO4. The molecule has 0 aromatic heterocycles. The Bertz CT molecular complexity index is 633. The summed E-state index contributed by atoms with van der Waals surface area (Å²) < 4.78 is 41.4. The SMILES string of the molecule is CCCC(CNC(=O)C1CC1c1ccccc1OC(F)(F)F)C(=O)O. The Labute approximate surface area is 143 Å². The number of benzene rings is 1. The summed E-state index contributed by atoms with van der Waals surface area (Å²) in [6.45, 7) is 1.87. The molecule has 1 aliphatic carbocycles. The van der Waals surface area contributed by atoms with E-state index < -0.39 is 24.2 Å². The number of amides is 1. The van der Waals surface area contributed by atoms with E-state index in [1.165, 1.54) is 18.2 Å². The molecule has 0 saturated heterocycles. The van der Waals surface area contributed by atoms with Gasteiger partial charge in [-0.25, -0.2) is 0 Å². The van der Waals surface area contributed by atoms with Gasteiger partial charge in [0.1, 0.15) is 5.75 Å². The third-order valence-corrected chi connectivity index (χ3v) is 4.18. The molecule has 1 amide bonds. The fourth-order valence-corrected chi connectivity index (χ4v) is 2.85. The number of hydrogen-bond acceptors (Lipinski definition) is 3. The van der Waals surface area contributed by atoms with Gasteiger partial charge >= 0.3 is 12.3 Å². The molecule has 3 unspecified atom stereocenters. The first-order chi connectivity index (χ1) is 11.7. The lowest BCUT2D eigenvalue weighted by Crippen LogP contribution is -2.34. The van der Waals surface area contributed by atoms with E-state index in [0.29, 0.717) is 24.8 Å². The number of para-hydroxylation sites is 1. The van der Waals surface area contributed by atoms with E-state index in [4.69, 9.17) is 5.11 Å². The lowest BCUT2D eigenvalue weighted by atomic mass is 10.0. The smallest absolute Gasteiger partial charge is 0.481 e. The predicted octanol–water partition coefficient (Wildman–Crippen LogP) is 3.31. The van der Waals surface area contributed by atoms with Crippen molar-refractivity contribution in [3.63, 3.8) is 0 Å². The summed E-state index contributed by atoms with van der Waals surface area (Å²) in [6.07, 6.45) is -3.25.